The van der Waals surface area contributed by atoms with Crippen LogP contribution in [0.25, 0.3) is 6.08 Å². The molecule has 2 aromatic carbocycles. The first kappa shape index (κ1) is 17.7. The molecule has 0 radical (unpaired) electrons. The molecule has 5 heteroatoms. The van der Waals surface area contributed by atoms with Crippen LogP contribution in [-0.2, 0) is 17.8 Å². The lowest BCUT2D eigenvalue weighted by atomic mass is 9.92. The first-order valence-corrected chi connectivity index (χ1v) is 10.1. The van der Waals surface area contributed by atoms with E-state index >= 15 is 0 Å². The third-order valence-corrected chi connectivity index (χ3v) is 5.67. The van der Waals surface area contributed by atoms with Crippen molar-refractivity contribution < 1.29 is 9.53 Å². The Balaban J connectivity index is 1.34. The Morgan fingerprint density at radius 1 is 1.14 bits per heavy atom. The molecule has 1 amide bonds. The molecular weight excluding hydrogens is 362 g/mol. The van der Waals surface area contributed by atoms with Gasteiger partial charge < -0.3 is 10.1 Å². The van der Waals surface area contributed by atoms with Gasteiger partial charge in [-0.2, -0.15) is 5.10 Å². The number of para-hydroxylation sites is 1. The van der Waals surface area contributed by atoms with Crippen LogP contribution in [0.3, 0.4) is 0 Å². The number of benzene rings is 2. The van der Waals surface area contributed by atoms with Crippen LogP contribution in [0, 0.1) is 0 Å². The molecule has 0 spiro atoms. The summed E-state index contributed by atoms with van der Waals surface area (Å²) in [6, 6.07) is 18.1. The van der Waals surface area contributed by atoms with Gasteiger partial charge in [0, 0.05) is 16.8 Å². The second-order valence-corrected chi connectivity index (χ2v) is 7.60. The molecule has 1 aromatic heterocycles. The minimum atomic E-state index is -0.0619. The summed E-state index contributed by atoms with van der Waals surface area (Å²) in [6.07, 6.45) is 6.81. The first-order chi connectivity index (χ1) is 14.3. The van der Waals surface area contributed by atoms with E-state index in [1.54, 1.807) is 0 Å². The van der Waals surface area contributed by atoms with E-state index in [1.807, 2.05) is 54.7 Å². The largest absolute Gasteiger partial charge is 0.488 e. The molecule has 0 fully saturated rings. The normalized spacial score (nSPS) is 17.5. The van der Waals surface area contributed by atoms with Crippen LogP contribution in [0.2, 0.25) is 0 Å². The molecule has 29 heavy (non-hydrogen) atoms. The Morgan fingerprint density at radius 2 is 1.97 bits per heavy atom. The van der Waals surface area contributed by atoms with Crippen molar-refractivity contribution in [1.82, 2.24) is 15.1 Å². The maximum atomic E-state index is 12.9. The molecule has 0 saturated heterocycles. The minimum absolute atomic E-state index is 0.00570. The highest BCUT2D eigenvalue weighted by molar-refractivity contribution is 5.99. The van der Waals surface area contributed by atoms with Gasteiger partial charge in [0.15, 0.2) is 0 Å². The fraction of sp³-hybridized carbons (Fsp3) is 0.250. The SMILES string of the molecule is O=C(N[C@H]1CCCc2c1cnn2Cc1ccccc1)C1=Cc2ccccc2OC1. The average Bonchev–Trinajstić information content (AvgIpc) is 3.18. The van der Waals surface area contributed by atoms with Crippen molar-refractivity contribution in [3.05, 3.63) is 88.8 Å². The number of aromatic nitrogens is 2. The number of carbonyl (C=O) groups excluding carboxylic acids is 1. The van der Waals surface area contributed by atoms with E-state index in [0.29, 0.717) is 12.2 Å². The van der Waals surface area contributed by atoms with E-state index in [-0.39, 0.29) is 11.9 Å². The van der Waals surface area contributed by atoms with Crippen LogP contribution in [0.15, 0.2) is 66.4 Å². The zero-order valence-corrected chi connectivity index (χ0v) is 16.2. The molecule has 2 heterocycles. The number of rotatable bonds is 4. The summed E-state index contributed by atoms with van der Waals surface area (Å²) in [6.45, 7) is 1.06. The molecule has 3 aromatic rings. The number of nitrogens with zero attached hydrogens (tertiary/aromatic N) is 2. The van der Waals surface area contributed by atoms with Gasteiger partial charge in [-0.25, -0.2) is 0 Å². The number of hydrogen-bond donors (Lipinski definition) is 1. The van der Waals surface area contributed by atoms with Crippen molar-refractivity contribution in [1.29, 1.82) is 0 Å². The molecule has 1 atom stereocenters. The van der Waals surface area contributed by atoms with Gasteiger partial charge in [-0.3, -0.25) is 9.48 Å². The molecule has 0 saturated carbocycles. The third-order valence-electron chi connectivity index (χ3n) is 5.67. The summed E-state index contributed by atoms with van der Waals surface area (Å²) in [4.78, 5) is 12.9. The lowest BCUT2D eigenvalue weighted by molar-refractivity contribution is -0.118. The Labute approximate surface area is 170 Å². The van der Waals surface area contributed by atoms with Gasteiger partial charge in [0.05, 0.1) is 24.4 Å². The maximum absolute atomic E-state index is 12.9. The predicted molar refractivity (Wildman–Crippen MR) is 112 cm³/mol. The lowest BCUT2D eigenvalue weighted by Gasteiger charge is -2.25. The number of hydrogen-bond acceptors (Lipinski definition) is 3. The van der Waals surface area contributed by atoms with Crippen LogP contribution in [-0.4, -0.2) is 22.3 Å². The highest BCUT2D eigenvalue weighted by Gasteiger charge is 2.27. The van der Waals surface area contributed by atoms with Crippen LogP contribution >= 0.6 is 0 Å². The van der Waals surface area contributed by atoms with E-state index in [4.69, 9.17) is 4.74 Å². The number of nitrogens with one attached hydrogen (secondary N) is 1. The molecular formula is C24H23N3O2. The van der Waals surface area contributed by atoms with Gasteiger partial charge in [-0.1, -0.05) is 48.5 Å². The lowest BCUT2D eigenvalue weighted by Crippen LogP contribution is -2.34. The van der Waals surface area contributed by atoms with Crippen LogP contribution in [0.1, 0.15) is 41.3 Å². The van der Waals surface area contributed by atoms with E-state index in [9.17, 15) is 4.79 Å². The molecule has 2 aliphatic rings. The van der Waals surface area contributed by atoms with E-state index < -0.39 is 0 Å². The summed E-state index contributed by atoms with van der Waals surface area (Å²) in [5.41, 5.74) is 5.20. The highest BCUT2D eigenvalue weighted by Crippen LogP contribution is 2.31. The van der Waals surface area contributed by atoms with Crippen molar-refractivity contribution in [3.63, 3.8) is 0 Å². The molecule has 0 unspecified atom stereocenters. The fourth-order valence-electron chi connectivity index (χ4n) is 4.16. The second-order valence-electron chi connectivity index (χ2n) is 7.60. The van der Waals surface area contributed by atoms with E-state index in [2.05, 4.69) is 27.2 Å². The summed E-state index contributed by atoms with van der Waals surface area (Å²) in [5.74, 6) is 0.763. The van der Waals surface area contributed by atoms with Gasteiger partial charge in [-0.15, -0.1) is 0 Å². The monoisotopic (exact) mass is 385 g/mol. The van der Waals surface area contributed by atoms with E-state index in [0.717, 1.165) is 42.7 Å². The maximum Gasteiger partial charge on any atom is 0.251 e. The Hall–Kier alpha value is -3.34. The highest BCUT2D eigenvalue weighted by atomic mass is 16.5. The summed E-state index contributed by atoms with van der Waals surface area (Å²) in [5, 5.41) is 7.83. The fourth-order valence-corrected chi connectivity index (χ4v) is 4.16. The Kier molecular flexibility index (Phi) is 4.64. The van der Waals surface area contributed by atoms with Crippen molar-refractivity contribution in [3.8, 4) is 5.75 Å². The zero-order chi connectivity index (χ0) is 19.6. The number of carbonyl (C=O) groups is 1. The molecule has 5 rings (SSSR count). The predicted octanol–water partition coefficient (Wildman–Crippen LogP) is 3.90. The van der Waals surface area contributed by atoms with Crippen molar-refractivity contribution in [2.75, 3.05) is 6.61 Å². The first-order valence-electron chi connectivity index (χ1n) is 10.1. The standard InChI is InChI=1S/C24H23N3O2/c28-24(19-13-18-9-4-5-12-23(18)29-16-19)26-21-10-6-11-22-20(21)14-25-27(22)15-17-7-2-1-3-8-17/h1-5,7-9,12-14,21H,6,10-11,15-16H2,(H,26,28)/t21-/m0/s1. The van der Waals surface area contributed by atoms with Crippen molar-refractivity contribution in [2.45, 2.75) is 31.8 Å². The van der Waals surface area contributed by atoms with Crippen molar-refractivity contribution in [2.24, 2.45) is 0 Å². The molecule has 0 bridgehead atoms. The van der Waals surface area contributed by atoms with Crippen molar-refractivity contribution >= 4 is 12.0 Å². The number of amides is 1. The van der Waals surface area contributed by atoms with Gasteiger partial charge in [0.2, 0.25) is 0 Å². The average molecular weight is 385 g/mol. The molecule has 1 aliphatic carbocycles. The zero-order valence-electron chi connectivity index (χ0n) is 16.2. The van der Waals surface area contributed by atoms with Crippen LogP contribution < -0.4 is 10.1 Å². The Bertz CT molecular complexity index is 1070. The van der Waals surface area contributed by atoms with Gasteiger partial charge in [-0.05, 0) is 37.0 Å². The Morgan fingerprint density at radius 3 is 2.86 bits per heavy atom. The minimum Gasteiger partial charge on any atom is -0.488 e. The molecule has 5 nitrogen and oxygen atoms in total. The molecule has 146 valence electrons. The molecule has 1 aliphatic heterocycles. The number of fused-ring (bicyclic) bond motifs is 2. The second kappa shape index (κ2) is 7.59. The smallest absolute Gasteiger partial charge is 0.251 e. The number of ether oxygens (including phenoxy) is 1. The van der Waals surface area contributed by atoms with Gasteiger partial charge >= 0.3 is 0 Å². The van der Waals surface area contributed by atoms with Crippen LogP contribution in [0.4, 0.5) is 0 Å². The quantitative estimate of drug-likeness (QED) is 0.741. The van der Waals surface area contributed by atoms with Gasteiger partial charge in [0.1, 0.15) is 12.4 Å². The van der Waals surface area contributed by atoms with Crippen LogP contribution in [0.5, 0.6) is 5.75 Å². The summed E-state index contributed by atoms with van der Waals surface area (Å²) >= 11 is 0. The molecule has 1 N–H and O–H groups in total. The van der Waals surface area contributed by atoms with E-state index in [1.165, 1.54) is 11.3 Å². The topological polar surface area (TPSA) is 56.2 Å². The van der Waals surface area contributed by atoms with Gasteiger partial charge in [0.25, 0.3) is 5.91 Å². The third kappa shape index (κ3) is 3.56. The summed E-state index contributed by atoms with van der Waals surface area (Å²) < 4.78 is 7.81. The summed E-state index contributed by atoms with van der Waals surface area (Å²) in [7, 11) is 0.